The number of nitrogens with one attached hydrogen (secondary N) is 1. The van der Waals surface area contributed by atoms with Crippen molar-refractivity contribution in [1.82, 2.24) is 9.88 Å². The van der Waals surface area contributed by atoms with Crippen LogP contribution >= 0.6 is 23.8 Å². The van der Waals surface area contributed by atoms with Gasteiger partial charge in [0, 0.05) is 24.6 Å². The number of thiocarbonyl (C=S) groups is 1. The second-order valence-electron chi connectivity index (χ2n) is 6.82. The van der Waals surface area contributed by atoms with E-state index in [1.165, 1.54) is 6.07 Å². The number of pyridine rings is 1. The Hall–Kier alpha value is -1.92. The van der Waals surface area contributed by atoms with Crippen molar-refractivity contribution < 1.29 is 9.13 Å². The number of ether oxygens (including phenoxy) is 1. The fourth-order valence-corrected chi connectivity index (χ4v) is 3.98. The van der Waals surface area contributed by atoms with Gasteiger partial charge in [0.1, 0.15) is 5.82 Å². The molecule has 0 spiro atoms. The Kier molecular flexibility index (Phi) is 5.34. The predicted octanol–water partition coefficient (Wildman–Crippen LogP) is 4.49. The van der Waals surface area contributed by atoms with Gasteiger partial charge in [0.25, 0.3) is 0 Å². The zero-order chi connectivity index (χ0) is 18.9. The molecule has 138 valence electrons. The van der Waals surface area contributed by atoms with Crippen LogP contribution in [-0.2, 0) is 5.41 Å². The minimum Gasteiger partial charge on any atom is -0.481 e. The summed E-state index contributed by atoms with van der Waals surface area (Å²) in [6.45, 7) is 5.67. The van der Waals surface area contributed by atoms with Gasteiger partial charge in [0.05, 0.1) is 24.0 Å². The van der Waals surface area contributed by atoms with Crippen LogP contribution in [0.15, 0.2) is 36.5 Å². The fraction of sp³-hybridized carbons (Fsp3) is 0.368. The van der Waals surface area contributed by atoms with Gasteiger partial charge in [-0.05, 0) is 35.8 Å². The van der Waals surface area contributed by atoms with Crippen LogP contribution in [0.4, 0.5) is 10.1 Å². The van der Waals surface area contributed by atoms with E-state index < -0.39 is 0 Å². The highest BCUT2D eigenvalue weighted by molar-refractivity contribution is 7.80. The van der Waals surface area contributed by atoms with E-state index in [4.69, 9.17) is 28.6 Å². The van der Waals surface area contributed by atoms with E-state index in [9.17, 15) is 4.39 Å². The molecule has 0 radical (unpaired) electrons. The first-order valence-corrected chi connectivity index (χ1v) is 9.14. The first kappa shape index (κ1) is 18.9. The lowest BCUT2D eigenvalue weighted by Gasteiger charge is -2.30. The average molecular weight is 394 g/mol. The minimum atomic E-state index is -0.388. The van der Waals surface area contributed by atoms with Crippen molar-refractivity contribution in [3.05, 3.63) is 52.9 Å². The van der Waals surface area contributed by atoms with Gasteiger partial charge in [-0.2, -0.15) is 0 Å². The van der Waals surface area contributed by atoms with Crippen molar-refractivity contribution in [3.63, 3.8) is 0 Å². The summed E-state index contributed by atoms with van der Waals surface area (Å²) in [4.78, 5) is 6.26. The quantitative estimate of drug-likeness (QED) is 0.777. The van der Waals surface area contributed by atoms with Crippen LogP contribution in [0.1, 0.15) is 19.4 Å². The minimum absolute atomic E-state index is 0.196. The lowest BCUT2D eigenvalue weighted by Crippen LogP contribution is -2.36. The summed E-state index contributed by atoms with van der Waals surface area (Å²) in [6, 6.07) is 8.62. The summed E-state index contributed by atoms with van der Waals surface area (Å²) in [7, 11) is 1.57. The van der Waals surface area contributed by atoms with Crippen molar-refractivity contribution in [2.75, 3.05) is 25.5 Å². The molecule has 2 heterocycles. The molecule has 1 saturated heterocycles. The SMILES string of the molecule is COc1ccc(NC(=S)N2C[C@H](C)[C@@](C)(c3cccc(F)c3Cl)C2)cn1. The summed E-state index contributed by atoms with van der Waals surface area (Å²) in [6.07, 6.45) is 1.67. The number of benzene rings is 1. The monoisotopic (exact) mass is 393 g/mol. The predicted molar refractivity (Wildman–Crippen MR) is 107 cm³/mol. The third-order valence-corrected chi connectivity index (χ3v) is 5.90. The Labute approximate surface area is 163 Å². The van der Waals surface area contributed by atoms with Crippen LogP contribution in [0, 0.1) is 11.7 Å². The van der Waals surface area contributed by atoms with E-state index in [1.54, 1.807) is 25.4 Å². The number of aromatic nitrogens is 1. The van der Waals surface area contributed by atoms with Gasteiger partial charge in [0.2, 0.25) is 5.88 Å². The number of hydrogen-bond donors (Lipinski definition) is 1. The molecule has 2 atom stereocenters. The van der Waals surface area contributed by atoms with Crippen molar-refractivity contribution in [1.29, 1.82) is 0 Å². The molecular formula is C19H21ClFN3OS. The van der Waals surface area contributed by atoms with Gasteiger partial charge in [-0.25, -0.2) is 9.37 Å². The van der Waals surface area contributed by atoms with Crippen LogP contribution in [0.3, 0.4) is 0 Å². The van der Waals surface area contributed by atoms with Crippen molar-refractivity contribution >= 4 is 34.6 Å². The Morgan fingerprint density at radius 3 is 2.85 bits per heavy atom. The van der Waals surface area contributed by atoms with Crippen LogP contribution in [0.5, 0.6) is 5.88 Å². The van der Waals surface area contributed by atoms with E-state index in [1.807, 2.05) is 12.1 Å². The Morgan fingerprint density at radius 2 is 2.19 bits per heavy atom. The molecule has 0 aliphatic carbocycles. The maximum atomic E-state index is 13.9. The van der Waals surface area contributed by atoms with Crippen LogP contribution in [-0.4, -0.2) is 35.2 Å². The van der Waals surface area contributed by atoms with Crippen molar-refractivity contribution in [2.45, 2.75) is 19.3 Å². The van der Waals surface area contributed by atoms with Gasteiger partial charge in [0.15, 0.2) is 5.11 Å². The molecule has 0 unspecified atom stereocenters. The van der Waals surface area contributed by atoms with Crippen LogP contribution < -0.4 is 10.1 Å². The van der Waals surface area contributed by atoms with E-state index in [0.29, 0.717) is 17.5 Å². The molecular weight excluding hydrogens is 373 g/mol. The maximum Gasteiger partial charge on any atom is 0.213 e. The third-order valence-electron chi connectivity index (χ3n) is 5.15. The largest absolute Gasteiger partial charge is 0.481 e. The highest BCUT2D eigenvalue weighted by Crippen LogP contribution is 2.42. The Balaban J connectivity index is 1.76. The molecule has 1 aliphatic rings. The highest BCUT2D eigenvalue weighted by Gasteiger charge is 2.44. The van der Waals surface area contributed by atoms with E-state index in [2.05, 4.69) is 29.0 Å². The first-order chi connectivity index (χ1) is 12.3. The number of hydrogen-bond acceptors (Lipinski definition) is 3. The molecule has 1 aliphatic heterocycles. The summed E-state index contributed by atoms with van der Waals surface area (Å²) in [5.41, 5.74) is 1.33. The zero-order valence-corrected chi connectivity index (χ0v) is 16.5. The summed E-state index contributed by atoms with van der Waals surface area (Å²) in [5, 5.41) is 4.01. The smallest absolute Gasteiger partial charge is 0.213 e. The van der Waals surface area contributed by atoms with Gasteiger partial charge in [-0.3, -0.25) is 0 Å². The fourth-order valence-electron chi connectivity index (χ4n) is 3.38. The van der Waals surface area contributed by atoms with Crippen LogP contribution in [0.25, 0.3) is 0 Å². The molecule has 26 heavy (non-hydrogen) atoms. The molecule has 4 nitrogen and oxygen atoms in total. The van der Waals surface area contributed by atoms with Crippen molar-refractivity contribution in [3.8, 4) is 5.88 Å². The molecule has 1 aromatic heterocycles. The van der Waals surface area contributed by atoms with Crippen molar-refractivity contribution in [2.24, 2.45) is 5.92 Å². The molecule has 0 saturated carbocycles. The Morgan fingerprint density at radius 1 is 1.42 bits per heavy atom. The lowest BCUT2D eigenvalue weighted by molar-refractivity contribution is 0.398. The topological polar surface area (TPSA) is 37.4 Å². The van der Waals surface area contributed by atoms with Gasteiger partial charge >= 0.3 is 0 Å². The number of rotatable bonds is 3. The molecule has 1 aromatic carbocycles. The molecule has 2 aromatic rings. The molecule has 1 fully saturated rings. The molecule has 3 rings (SSSR count). The van der Waals surface area contributed by atoms with E-state index in [0.717, 1.165) is 17.8 Å². The van der Waals surface area contributed by atoms with Crippen LogP contribution in [0.2, 0.25) is 5.02 Å². The second-order valence-corrected chi connectivity index (χ2v) is 7.58. The molecule has 1 N–H and O–H groups in total. The number of methoxy groups -OCH3 is 1. The number of anilines is 1. The van der Waals surface area contributed by atoms with E-state index in [-0.39, 0.29) is 22.2 Å². The summed E-state index contributed by atoms with van der Waals surface area (Å²) in [5.74, 6) is 0.418. The summed E-state index contributed by atoms with van der Waals surface area (Å²) < 4.78 is 19.0. The second kappa shape index (κ2) is 7.37. The number of nitrogens with zero attached hydrogens (tertiary/aromatic N) is 2. The van der Waals surface area contributed by atoms with Gasteiger partial charge in [-0.1, -0.05) is 37.6 Å². The zero-order valence-electron chi connectivity index (χ0n) is 14.9. The molecule has 0 amide bonds. The standard InChI is InChI=1S/C19H21ClFN3OS/c1-12-10-24(18(26)23-13-7-8-16(25-3)22-9-13)11-19(12,2)14-5-4-6-15(21)17(14)20/h4-9,12H,10-11H2,1-3H3,(H,23,26)/t12-,19-/m0/s1. The average Bonchev–Trinajstić information content (AvgIpc) is 2.94. The maximum absolute atomic E-state index is 13.9. The van der Waals surface area contributed by atoms with E-state index >= 15 is 0 Å². The van der Waals surface area contributed by atoms with Gasteiger partial charge in [-0.15, -0.1) is 0 Å². The first-order valence-electron chi connectivity index (χ1n) is 8.35. The normalized spacial score (nSPS) is 22.3. The lowest BCUT2D eigenvalue weighted by atomic mass is 9.75. The Bertz CT molecular complexity index is 817. The third kappa shape index (κ3) is 3.48. The number of likely N-dealkylation sites (tertiary alicyclic amines) is 1. The highest BCUT2D eigenvalue weighted by atomic mass is 35.5. The van der Waals surface area contributed by atoms with Gasteiger partial charge < -0.3 is 15.0 Å². The molecule has 7 heteroatoms. The summed E-state index contributed by atoms with van der Waals surface area (Å²) >= 11 is 11.8. The number of halogens is 2. The molecule has 0 bridgehead atoms.